The highest BCUT2D eigenvalue weighted by Crippen LogP contribution is 2.34. The largest absolute Gasteiger partial charge is 0.444 e. The molecule has 0 aromatic heterocycles. The highest BCUT2D eigenvalue weighted by molar-refractivity contribution is 7.89. The van der Waals surface area contributed by atoms with Gasteiger partial charge in [-0.3, -0.25) is 4.90 Å². The zero-order valence-electron chi connectivity index (χ0n) is 15.1. The van der Waals surface area contributed by atoms with Gasteiger partial charge < -0.3 is 4.74 Å². The number of fused-ring (bicyclic) bond motifs is 1. The second-order valence-corrected chi connectivity index (χ2v) is 9.28. The highest BCUT2D eigenvalue weighted by atomic mass is 35.5. The van der Waals surface area contributed by atoms with Crippen molar-refractivity contribution < 1.29 is 26.7 Å². The molecule has 1 saturated heterocycles. The quantitative estimate of drug-likeness (QED) is 0.722. The van der Waals surface area contributed by atoms with E-state index in [1.54, 1.807) is 18.2 Å². The van der Waals surface area contributed by atoms with E-state index >= 15 is 0 Å². The number of rotatable bonds is 3. The Balaban J connectivity index is 1.52. The molecule has 1 fully saturated rings. The standard InChI is InChI=1S/C19H17ClF2N2O4S/c20-13-1-4-18-12(9-13)11-28-19(25)24(18)14-5-7-23(8-6-14)29(26,27)15-2-3-16(21)17(22)10-15/h1-4,9-10,14H,5-8,11H2. The molecule has 2 aliphatic rings. The first-order chi connectivity index (χ1) is 13.8. The van der Waals surface area contributed by atoms with Crippen molar-refractivity contribution in [1.82, 2.24) is 4.31 Å². The Labute approximate surface area is 171 Å². The lowest BCUT2D eigenvalue weighted by Gasteiger charge is -2.39. The van der Waals surface area contributed by atoms with E-state index in [0.717, 1.165) is 17.7 Å². The summed E-state index contributed by atoms with van der Waals surface area (Å²) in [5.74, 6) is -2.32. The monoisotopic (exact) mass is 442 g/mol. The molecule has 6 nitrogen and oxygen atoms in total. The molecule has 154 valence electrons. The van der Waals surface area contributed by atoms with Gasteiger partial charge >= 0.3 is 6.09 Å². The molecule has 0 N–H and O–H groups in total. The predicted octanol–water partition coefficient (Wildman–Crippen LogP) is 3.93. The number of anilines is 1. The van der Waals surface area contributed by atoms with Crippen molar-refractivity contribution in [1.29, 1.82) is 0 Å². The smallest absolute Gasteiger partial charge is 0.414 e. The fourth-order valence-corrected chi connectivity index (χ4v) is 5.36. The van der Waals surface area contributed by atoms with Crippen molar-refractivity contribution >= 4 is 33.4 Å². The van der Waals surface area contributed by atoms with Crippen molar-refractivity contribution in [2.45, 2.75) is 30.4 Å². The van der Waals surface area contributed by atoms with Crippen LogP contribution in [0.1, 0.15) is 18.4 Å². The molecule has 2 aromatic carbocycles. The van der Waals surface area contributed by atoms with E-state index in [9.17, 15) is 22.0 Å². The number of hydrogen-bond donors (Lipinski definition) is 0. The fraction of sp³-hybridized carbons (Fsp3) is 0.316. The van der Waals surface area contributed by atoms with E-state index in [1.807, 2.05) is 0 Å². The normalized spacial score (nSPS) is 18.4. The molecule has 0 radical (unpaired) electrons. The molecule has 0 saturated carbocycles. The summed E-state index contributed by atoms with van der Waals surface area (Å²) >= 11 is 6.01. The van der Waals surface area contributed by atoms with Gasteiger partial charge in [0, 0.05) is 29.7 Å². The number of sulfonamides is 1. The summed E-state index contributed by atoms with van der Waals surface area (Å²) in [4.78, 5) is 13.6. The lowest BCUT2D eigenvalue weighted by Crippen LogP contribution is -2.50. The first-order valence-electron chi connectivity index (χ1n) is 8.97. The summed E-state index contributed by atoms with van der Waals surface area (Å²) in [6.45, 7) is 0.409. The minimum absolute atomic E-state index is 0.134. The number of nitrogens with zero attached hydrogens (tertiary/aromatic N) is 2. The molecule has 4 rings (SSSR count). The second kappa shape index (κ2) is 7.55. The van der Waals surface area contributed by atoms with E-state index in [4.69, 9.17) is 16.3 Å². The van der Waals surface area contributed by atoms with Gasteiger partial charge in [-0.05, 0) is 49.2 Å². The molecule has 29 heavy (non-hydrogen) atoms. The van der Waals surface area contributed by atoms with Crippen molar-refractivity contribution in [3.05, 3.63) is 58.6 Å². The molecule has 0 unspecified atom stereocenters. The molecule has 0 bridgehead atoms. The predicted molar refractivity (Wildman–Crippen MR) is 102 cm³/mol. The Hall–Kier alpha value is -2.23. The average Bonchev–Trinajstić information content (AvgIpc) is 2.70. The summed E-state index contributed by atoms with van der Waals surface area (Å²) in [5.41, 5.74) is 1.49. The lowest BCUT2D eigenvalue weighted by atomic mass is 10.0. The zero-order chi connectivity index (χ0) is 20.8. The van der Waals surface area contributed by atoms with Crippen LogP contribution in [0.25, 0.3) is 0 Å². The van der Waals surface area contributed by atoms with Gasteiger partial charge in [-0.2, -0.15) is 4.31 Å². The average molecular weight is 443 g/mol. The van der Waals surface area contributed by atoms with Crippen LogP contribution in [0.2, 0.25) is 5.02 Å². The Bertz CT molecular complexity index is 1070. The molecule has 0 aliphatic carbocycles. The van der Waals surface area contributed by atoms with Crippen LogP contribution in [0.3, 0.4) is 0 Å². The van der Waals surface area contributed by atoms with Crippen molar-refractivity contribution in [2.24, 2.45) is 0 Å². The van der Waals surface area contributed by atoms with Crippen molar-refractivity contribution in [3.63, 3.8) is 0 Å². The molecule has 2 heterocycles. The Morgan fingerprint density at radius 2 is 1.76 bits per heavy atom. The zero-order valence-corrected chi connectivity index (χ0v) is 16.7. The van der Waals surface area contributed by atoms with Crippen molar-refractivity contribution in [2.75, 3.05) is 18.0 Å². The minimum atomic E-state index is -3.96. The number of halogens is 3. The molecule has 1 amide bonds. The maximum Gasteiger partial charge on any atom is 0.414 e. The van der Waals surface area contributed by atoms with Crippen LogP contribution < -0.4 is 4.90 Å². The SMILES string of the molecule is O=C1OCc2cc(Cl)ccc2N1C1CCN(S(=O)(=O)c2ccc(F)c(F)c2)CC1. The number of amides is 1. The summed E-state index contributed by atoms with van der Waals surface area (Å²) < 4.78 is 58.5. The number of carbonyl (C=O) groups is 1. The van der Waals surface area contributed by atoms with Crippen molar-refractivity contribution in [3.8, 4) is 0 Å². The minimum Gasteiger partial charge on any atom is -0.444 e. The van der Waals surface area contributed by atoms with Gasteiger partial charge in [0.05, 0.1) is 10.6 Å². The Morgan fingerprint density at radius 1 is 1.03 bits per heavy atom. The highest BCUT2D eigenvalue weighted by Gasteiger charge is 2.37. The number of hydrogen-bond acceptors (Lipinski definition) is 4. The van der Waals surface area contributed by atoms with Gasteiger partial charge in [0.2, 0.25) is 10.0 Å². The first kappa shape index (κ1) is 20.1. The topological polar surface area (TPSA) is 66.9 Å². The summed E-state index contributed by atoms with van der Waals surface area (Å²) in [6.07, 6.45) is 0.266. The molecule has 0 atom stereocenters. The van der Waals surface area contributed by atoms with E-state index in [2.05, 4.69) is 0 Å². The van der Waals surface area contributed by atoms with Gasteiger partial charge in [0.1, 0.15) is 6.61 Å². The second-order valence-electron chi connectivity index (χ2n) is 6.91. The number of piperidine rings is 1. The summed E-state index contributed by atoms with van der Waals surface area (Å²) in [6, 6.07) is 7.44. The Kier molecular flexibility index (Phi) is 5.22. The van der Waals surface area contributed by atoms with Gasteiger partial charge in [0.15, 0.2) is 11.6 Å². The lowest BCUT2D eigenvalue weighted by molar-refractivity contribution is 0.136. The third-order valence-electron chi connectivity index (χ3n) is 5.17. The Morgan fingerprint density at radius 3 is 2.45 bits per heavy atom. The van der Waals surface area contributed by atoms with Gasteiger partial charge in [-0.1, -0.05) is 11.6 Å². The summed E-state index contributed by atoms with van der Waals surface area (Å²) in [5, 5.41) is 0.536. The van der Waals surface area contributed by atoms with Crippen LogP contribution in [0.5, 0.6) is 0 Å². The van der Waals surface area contributed by atoms with E-state index in [0.29, 0.717) is 29.6 Å². The molecule has 2 aliphatic heterocycles. The van der Waals surface area contributed by atoms with Crippen LogP contribution in [-0.4, -0.2) is 37.9 Å². The van der Waals surface area contributed by atoms with Gasteiger partial charge in [-0.15, -0.1) is 0 Å². The van der Waals surface area contributed by atoms with Crippen LogP contribution >= 0.6 is 11.6 Å². The molecule has 0 spiro atoms. The van der Waals surface area contributed by atoms with E-state index < -0.39 is 27.8 Å². The van der Waals surface area contributed by atoms with E-state index in [1.165, 1.54) is 9.21 Å². The molecule has 2 aromatic rings. The third kappa shape index (κ3) is 3.70. The molecular weight excluding hydrogens is 426 g/mol. The number of carbonyl (C=O) groups excluding carboxylic acids is 1. The summed E-state index contributed by atoms with van der Waals surface area (Å²) in [7, 11) is -3.96. The maximum absolute atomic E-state index is 13.5. The van der Waals surface area contributed by atoms with Gasteiger partial charge in [0.25, 0.3) is 0 Å². The van der Waals surface area contributed by atoms with E-state index in [-0.39, 0.29) is 30.6 Å². The number of benzene rings is 2. The fourth-order valence-electron chi connectivity index (χ4n) is 3.68. The van der Waals surface area contributed by atoms with Crippen LogP contribution in [0, 0.1) is 11.6 Å². The molecule has 10 heteroatoms. The first-order valence-corrected chi connectivity index (χ1v) is 10.8. The number of ether oxygens (including phenoxy) is 1. The van der Waals surface area contributed by atoms with Crippen LogP contribution in [-0.2, 0) is 21.4 Å². The third-order valence-corrected chi connectivity index (χ3v) is 7.30. The maximum atomic E-state index is 13.5. The van der Waals surface area contributed by atoms with Crippen LogP contribution in [0.4, 0.5) is 19.3 Å². The molecular formula is C19H17ClF2N2O4S. The number of cyclic esters (lactones) is 1. The van der Waals surface area contributed by atoms with Gasteiger partial charge in [-0.25, -0.2) is 22.0 Å². The van der Waals surface area contributed by atoms with Crippen LogP contribution in [0.15, 0.2) is 41.3 Å².